The van der Waals surface area contributed by atoms with Crippen molar-refractivity contribution >= 4 is 22.6 Å². The standard InChI is InChI=1S/C25H28FN5O4/c1-33-24-7-4-19-25(31-24)16(17(26)11-29-19)9-18(27)21-6-3-15(12-34-21)28-10-14-2-5-22-20(8-14)30-23(32)13-35-22/h2,4-5,7-8,11,15,18,21,28H,3,6,9-10,12-13,27H2,1H3,(H,30,32)/t15-,18?,21+/m1/s1. The number of halogens is 1. The fourth-order valence-electron chi connectivity index (χ4n) is 4.53. The summed E-state index contributed by atoms with van der Waals surface area (Å²) in [5.74, 6) is 0.491. The van der Waals surface area contributed by atoms with Gasteiger partial charge in [0.1, 0.15) is 11.6 Å². The summed E-state index contributed by atoms with van der Waals surface area (Å²) in [6, 6.07) is 9.00. The van der Waals surface area contributed by atoms with E-state index in [0.717, 1.165) is 18.4 Å². The molecule has 35 heavy (non-hydrogen) atoms. The Morgan fingerprint density at radius 2 is 2.20 bits per heavy atom. The molecule has 1 aromatic carbocycles. The average Bonchev–Trinajstić information content (AvgIpc) is 2.88. The van der Waals surface area contributed by atoms with E-state index in [-0.39, 0.29) is 37.1 Å². The average molecular weight is 482 g/mol. The molecular weight excluding hydrogens is 453 g/mol. The Labute approximate surface area is 202 Å². The number of methoxy groups -OCH3 is 1. The molecule has 10 heteroatoms. The van der Waals surface area contributed by atoms with Crippen LogP contribution >= 0.6 is 0 Å². The number of hydrogen-bond acceptors (Lipinski definition) is 8. The summed E-state index contributed by atoms with van der Waals surface area (Å²) in [5.41, 5.74) is 9.67. The first-order valence-electron chi connectivity index (χ1n) is 11.6. The first kappa shape index (κ1) is 23.4. The summed E-state index contributed by atoms with van der Waals surface area (Å²) >= 11 is 0. The molecule has 1 unspecified atom stereocenters. The van der Waals surface area contributed by atoms with Crippen LogP contribution in [0.15, 0.2) is 36.5 Å². The van der Waals surface area contributed by atoms with Gasteiger partial charge < -0.3 is 30.6 Å². The zero-order chi connectivity index (χ0) is 24.4. The van der Waals surface area contributed by atoms with Gasteiger partial charge in [-0.05, 0) is 43.0 Å². The third kappa shape index (κ3) is 5.19. The maximum atomic E-state index is 14.7. The van der Waals surface area contributed by atoms with Crippen LogP contribution in [0.4, 0.5) is 10.1 Å². The molecule has 2 aromatic heterocycles. The van der Waals surface area contributed by atoms with Gasteiger partial charge in [0.2, 0.25) is 5.88 Å². The van der Waals surface area contributed by atoms with E-state index in [1.165, 1.54) is 13.3 Å². The van der Waals surface area contributed by atoms with Crippen LogP contribution in [0.3, 0.4) is 0 Å². The molecule has 0 saturated carbocycles. The zero-order valence-corrected chi connectivity index (χ0v) is 19.4. The largest absolute Gasteiger partial charge is 0.482 e. The lowest BCUT2D eigenvalue weighted by Crippen LogP contribution is -2.47. The second kappa shape index (κ2) is 10.1. The molecule has 1 saturated heterocycles. The third-order valence-corrected chi connectivity index (χ3v) is 6.45. The lowest BCUT2D eigenvalue weighted by atomic mass is 9.94. The van der Waals surface area contributed by atoms with Crippen LogP contribution in [0.5, 0.6) is 11.6 Å². The number of ether oxygens (including phenoxy) is 3. The van der Waals surface area contributed by atoms with E-state index < -0.39 is 5.82 Å². The maximum absolute atomic E-state index is 14.7. The van der Waals surface area contributed by atoms with Gasteiger partial charge in [-0.2, -0.15) is 0 Å². The number of nitrogens with one attached hydrogen (secondary N) is 2. The minimum atomic E-state index is -0.435. The summed E-state index contributed by atoms with van der Waals surface area (Å²) in [6.45, 7) is 1.19. The Bertz CT molecular complexity index is 1230. The molecule has 1 amide bonds. The number of hydrogen-bond donors (Lipinski definition) is 3. The predicted molar refractivity (Wildman–Crippen MR) is 128 cm³/mol. The third-order valence-electron chi connectivity index (χ3n) is 6.45. The zero-order valence-electron chi connectivity index (χ0n) is 19.4. The number of pyridine rings is 2. The van der Waals surface area contributed by atoms with E-state index in [1.54, 1.807) is 12.1 Å². The van der Waals surface area contributed by atoms with Gasteiger partial charge in [-0.3, -0.25) is 9.78 Å². The van der Waals surface area contributed by atoms with E-state index in [1.807, 2.05) is 18.2 Å². The first-order chi connectivity index (χ1) is 17.0. The van der Waals surface area contributed by atoms with Gasteiger partial charge in [0.15, 0.2) is 6.61 Å². The van der Waals surface area contributed by atoms with Crippen molar-refractivity contribution in [3.63, 3.8) is 0 Å². The van der Waals surface area contributed by atoms with Gasteiger partial charge in [-0.1, -0.05) is 6.07 Å². The lowest BCUT2D eigenvalue weighted by molar-refractivity contribution is -0.118. The summed E-state index contributed by atoms with van der Waals surface area (Å²) in [5, 5.41) is 6.32. The molecule has 0 bridgehead atoms. The highest BCUT2D eigenvalue weighted by Crippen LogP contribution is 2.29. The molecule has 9 nitrogen and oxygen atoms in total. The number of fused-ring (bicyclic) bond motifs is 2. The molecular formula is C25H28FN5O4. The van der Waals surface area contributed by atoms with Crippen molar-refractivity contribution in [3.05, 3.63) is 53.5 Å². The molecule has 0 spiro atoms. The Kier molecular flexibility index (Phi) is 6.76. The fourth-order valence-corrected chi connectivity index (χ4v) is 4.53. The Morgan fingerprint density at radius 1 is 1.31 bits per heavy atom. The summed E-state index contributed by atoms with van der Waals surface area (Å²) in [4.78, 5) is 20.0. The molecule has 2 aliphatic rings. The molecule has 2 aliphatic heterocycles. The number of benzene rings is 1. The second-order valence-corrected chi connectivity index (χ2v) is 8.87. The minimum Gasteiger partial charge on any atom is -0.482 e. The molecule has 0 radical (unpaired) electrons. The maximum Gasteiger partial charge on any atom is 0.262 e. The van der Waals surface area contributed by atoms with E-state index >= 15 is 0 Å². The Morgan fingerprint density at radius 3 is 3.00 bits per heavy atom. The van der Waals surface area contributed by atoms with Crippen molar-refractivity contribution in [2.24, 2.45) is 5.73 Å². The molecule has 1 fully saturated rings. The molecule has 3 aromatic rings. The van der Waals surface area contributed by atoms with Crippen LogP contribution in [-0.4, -0.2) is 54.4 Å². The highest BCUT2D eigenvalue weighted by atomic mass is 19.1. The van der Waals surface area contributed by atoms with Crippen LogP contribution in [0.1, 0.15) is 24.0 Å². The number of nitrogens with two attached hydrogens (primary N) is 1. The molecule has 0 aliphatic carbocycles. The number of nitrogens with zero attached hydrogens (tertiary/aromatic N) is 2. The van der Waals surface area contributed by atoms with Crippen molar-refractivity contribution in [1.82, 2.24) is 15.3 Å². The summed E-state index contributed by atoms with van der Waals surface area (Å²) in [6.07, 6.45) is 2.95. The highest BCUT2D eigenvalue weighted by molar-refractivity contribution is 5.95. The SMILES string of the molecule is COc1ccc2ncc(F)c(CC(N)[C@@H]3CC[C@@H](NCc4ccc5c(c4)NC(=O)CO5)CO3)c2n1. The lowest BCUT2D eigenvalue weighted by Gasteiger charge is -2.33. The number of carbonyl (C=O) groups is 1. The van der Waals surface area contributed by atoms with E-state index in [9.17, 15) is 9.18 Å². The summed E-state index contributed by atoms with van der Waals surface area (Å²) < 4.78 is 31.3. The van der Waals surface area contributed by atoms with Gasteiger partial charge in [0.05, 0.1) is 42.7 Å². The Balaban J connectivity index is 1.16. The Hall–Kier alpha value is -3.34. The molecule has 3 atom stereocenters. The second-order valence-electron chi connectivity index (χ2n) is 8.87. The quantitative estimate of drug-likeness (QED) is 0.470. The van der Waals surface area contributed by atoms with E-state index in [2.05, 4.69) is 20.6 Å². The van der Waals surface area contributed by atoms with Crippen molar-refractivity contribution in [2.75, 3.05) is 25.6 Å². The molecule has 5 rings (SSSR count). The van der Waals surface area contributed by atoms with Crippen LogP contribution in [-0.2, 0) is 22.5 Å². The van der Waals surface area contributed by atoms with Crippen molar-refractivity contribution < 1.29 is 23.4 Å². The molecule has 184 valence electrons. The van der Waals surface area contributed by atoms with Crippen LogP contribution in [0.2, 0.25) is 0 Å². The first-order valence-corrected chi connectivity index (χ1v) is 11.6. The molecule has 4 heterocycles. The van der Waals surface area contributed by atoms with Gasteiger partial charge in [-0.15, -0.1) is 0 Å². The highest BCUT2D eigenvalue weighted by Gasteiger charge is 2.28. The van der Waals surface area contributed by atoms with Crippen LogP contribution in [0, 0.1) is 5.82 Å². The van der Waals surface area contributed by atoms with Gasteiger partial charge in [0.25, 0.3) is 5.91 Å². The van der Waals surface area contributed by atoms with Crippen LogP contribution in [0.25, 0.3) is 11.0 Å². The summed E-state index contributed by atoms with van der Waals surface area (Å²) in [7, 11) is 1.52. The van der Waals surface area contributed by atoms with E-state index in [4.69, 9.17) is 19.9 Å². The minimum absolute atomic E-state index is 0.0437. The number of anilines is 1. The van der Waals surface area contributed by atoms with Gasteiger partial charge in [-0.25, -0.2) is 9.37 Å². The van der Waals surface area contributed by atoms with Crippen molar-refractivity contribution in [3.8, 4) is 11.6 Å². The normalized spacial score (nSPS) is 20.6. The smallest absolute Gasteiger partial charge is 0.262 e. The topological polar surface area (TPSA) is 121 Å². The van der Waals surface area contributed by atoms with E-state index in [0.29, 0.717) is 47.1 Å². The number of carbonyl (C=O) groups excluding carboxylic acids is 1. The molecule has 4 N–H and O–H groups in total. The monoisotopic (exact) mass is 481 g/mol. The number of aromatic nitrogens is 2. The predicted octanol–water partition coefficient (Wildman–Crippen LogP) is 2.32. The number of amides is 1. The van der Waals surface area contributed by atoms with Gasteiger partial charge in [0, 0.05) is 30.3 Å². The van der Waals surface area contributed by atoms with Crippen molar-refractivity contribution in [1.29, 1.82) is 0 Å². The van der Waals surface area contributed by atoms with Crippen molar-refractivity contribution in [2.45, 2.75) is 44.0 Å². The fraction of sp³-hybridized carbons (Fsp3) is 0.400. The van der Waals surface area contributed by atoms with Crippen LogP contribution < -0.4 is 25.8 Å². The number of rotatable bonds is 7. The van der Waals surface area contributed by atoms with Gasteiger partial charge >= 0.3 is 0 Å².